The van der Waals surface area contributed by atoms with E-state index in [-0.39, 0.29) is 26.8 Å². The van der Waals surface area contributed by atoms with E-state index in [0.717, 1.165) is 83.3 Å². The molecule has 0 aliphatic carbocycles. The Balaban J connectivity index is 0.00000384. The van der Waals surface area contributed by atoms with Crippen LogP contribution in [0.4, 0.5) is 0 Å². The SMILES string of the molecule is Oc1ccccc1-c1nc2c(-c3[c-]c(-c4nccc5oc6ccccc6c45)cc(-c4ccccc4)c3)cccc2n1-c1ccccc1-c1ccccc1.[Pt]. The molecule has 0 saturated carbocycles. The normalized spacial score (nSPS) is 11.3. The number of hydrogen-bond acceptors (Lipinski definition) is 4. The molecule has 10 aromatic rings. The Kier molecular flexibility index (Phi) is 8.49. The van der Waals surface area contributed by atoms with Crippen LogP contribution < -0.4 is 0 Å². The fraction of sp³-hybridized carbons (Fsp3) is 0. The maximum Gasteiger partial charge on any atom is 0.148 e. The van der Waals surface area contributed by atoms with E-state index >= 15 is 0 Å². The predicted octanol–water partition coefficient (Wildman–Crippen LogP) is 12.2. The summed E-state index contributed by atoms with van der Waals surface area (Å²) in [6.07, 6.45) is 1.80. The van der Waals surface area contributed by atoms with E-state index in [9.17, 15) is 5.11 Å². The van der Waals surface area contributed by atoms with Gasteiger partial charge in [-0.3, -0.25) is 9.55 Å². The van der Waals surface area contributed by atoms with Crippen molar-refractivity contribution in [3.8, 4) is 67.5 Å². The minimum Gasteiger partial charge on any atom is -0.507 e. The molecule has 0 aliphatic rings. The standard InChI is InChI=1S/C48H30N3O2.Pt/c52-42-24-11-8-19-38(42)48-50-47-37(21-13-23-41(47)51(48)40-22-10-7-18-36(40)32-16-5-2-6-17-32)34-28-33(31-14-3-1-4-15-31)29-35(30-34)46-45-39-20-9-12-25-43(39)53-44(45)26-27-49-46;/h1-29,52H;/q-1;. The van der Waals surface area contributed by atoms with Gasteiger partial charge in [-0.15, -0.1) is 23.8 Å². The quantitative estimate of drug-likeness (QED) is 0.169. The summed E-state index contributed by atoms with van der Waals surface area (Å²) >= 11 is 0. The van der Waals surface area contributed by atoms with Crippen LogP contribution in [0.5, 0.6) is 5.75 Å². The average molecular weight is 876 g/mol. The number of imidazole rings is 1. The number of pyridine rings is 1. The van der Waals surface area contributed by atoms with Crippen molar-refractivity contribution in [3.05, 3.63) is 182 Å². The summed E-state index contributed by atoms with van der Waals surface area (Å²) in [4.78, 5) is 10.3. The van der Waals surface area contributed by atoms with Crippen LogP contribution in [0.2, 0.25) is 0 Å². The van der Waals surface area contributed by atoms with Crippen LogP contribution in [-0.2, 0) is 21.1 Å². The second kappa shape index (κ2) is 13.8. The van der Waals surface area contributed by atoms with E-state index in [1.54, 1.807) is 12.3 Å². The number of hydrogen-bond donors (Lipinski definition) is 1. The maximum atomic E-state index is 11.2. The first-order chi connectivity index (χ1) is 26.2. The van der Waals surface area contributed by atoms with E-state index in [0.29, 0.717) is 11.4 Å². The molecule has 0 aliphatic heterocycles. The van der Waals surface area contributed by atoms with Crippen molar-refractivity contribution < 1.29 is 30.6 Å². The van der Waals surface area contributed by atoms with Gasteiger partial charge in [0.05, 0.1) is 22.3 Å². The Morgan fingerprint density at radius 2 is 1.22 bits per heavy atom. The third-order valence-electron chi connectivity index (χ3n) is 9.87. The number of phenolic OH excluding ortho intramolecular Hbond substituents is 1. The molecular weight excluding hydrogens is 846 g/mol. The van der Waals surface area contributed by atoms with Gasteiger partial charge in [-0.05, 0) is 47.5 Å². The van der Waals surface area contributed by atoms with Crippen LogP contribution in [0, 0.1) is 6.07 Å². The van der Waals surface area contributed by atoms with Gasteiger partial charge in [0.15, 0.2) is 0 Å². The van der Waals surface area contributed by atoms with Crippen molar-refractivity contribution in [2.75, 3.05) is 0 Å². The molecule has 0 fully saturated rings. The molecule has 260 valence electrons. The van der Waals surface area contributed by atoms with Gasteiger partial charge in [0.25, 0.3) is 0 Å². The number of aromatic hydroxyl groups is 1. The summed E-state index contributed by atoms with van der Waals surface area (Å²) in [6.45, 7) is 0. The zero-order chi connectivity index (χ0) is 35.3. The van der Waals surface area contributed by atoms with Gasteiger partial charge < -0.3 is 9.52 Å². The number of para-hydroxylation sites is 4. The summed E-state index contributed by atoms with van der Waals surface area (Å²) < 4.78 is 8.43. The van der Waals surface area contributed by atoms with E-state index in [4.69, 9.17) is 14.4 Å². The number of nitrogens with zero attached hydrogens (tertiary/aromatic N) is 3. The number of fused-ring (bicyclic) bond motifs is 4. The molecule has 5 nitrogen and oxygen atoms in total. The Hall–Kier alpha value is -6.55. The molecule has 10 rings (SSSR count). The van der Waals surface area contributed by atoms with Crippen molar-refractivity contribution in [3.63, 3.8) is 0 Å². The summed E-state index contributed by atoms with van der Waals surface area (Å²) in [5, 5.41) is 13.2. The van der Waals surface area contributed by atoms with Crippen LogP contribution in [0.1, 0.15) is 0 Å². The molecule has 7 aromatic carbocycles. The van der Waals surface area contributed by atoms with Crippen molar-refractivity contribution in [1.82, 2.24) is 14.5 Å². The number of furan rings is 1. The number of rotatable bonds is 6. The summed E-state index contributed by atoms with van der Waals surface area (Å²) in [7, 11) is 0. The molecular formula is C48H30N3O2Pt-. The fourth-order valence-corrected chi connectivity index (χ4v) is 7.45. The first kappa shape index (κ1) is 33.3. The average Bonchev–Trinajstić information content (AvgIpc) is 3.80. The van der Waals surface area contributed by atoms with Crippen LogP contribution >= 0.6 is 0 Å². The van der Waals surface area contributed by atoms with Gasteiger partial charge in [0.1, 0.15) is 22.7 Å². The molecule has 0 atom stereocenters. The summed E-state index contributed by atoms with van der Waals surface area (Å²) in [5.74, 6) is 0.805. The third kappa shape index (κ3) is 5.62. The predicted molar refractivity (Wildman–Crippen MR) is 214 cm³/mol. The van der Waals surface area contributed by atoms with Crippen LogP contribution in [-0.4, -0.2) is 19.6 Å². The second-order valence-electron chi connectivity index (χ2n) is 13.0. The van der Waals surface area contributed by atoms with E-state index in [1.807, 2.05) is 60.7 Å². The zero-order valence-corrected chi connectivity index (χ0v) is 31.0. The fourth-order valence-electron chi connectivity index (χ4n) is 7.45. The van der Waals surface area contributed by atoms with Gasteiger partial charge in [-0.1, -0.05) is 138 Å². The van der Waals surface area contributed by atoms with Crippen LogP contribution in [0.25, 0.3) is 94.7 Å². The molecule has 1 N–H and O–H groups in total. The molecule has 0 saturated heterocycles. The van der Waals surface area contributed by atoms with Crippen LogP contribution in [0.15, 0.2) is 180 Å². The van der Waals surface area contributed by atoms with Gasteiger partial charge in [0.2, 0.25) is 0 Å². The summed E-state index contributed by atoms with van der Waals surface area (Å²) in [6, 6.07) is 60.9. The molecule has 6 heteroatoms. The van der Waals surface area contributed by atoms with Gasteiger partial charge in [0, 0.05) is 49.3 Å². The first-order valence-electron chi connectivity index (χ1n) is 17.6. The Bertz CT molecular complexity index is 2970. The minimum atomic E-state index is 0. The topological polar surface area (TPSA) is 64.1 Å². The second-order valence-corrected chi connectivity index (χ2v) is 13.0. The third-order valence-corrected chi connectivity index (χ3v) is 9.87. The van der Waals surface area contributed by atoms with Gasteiger partial charge >= 0.3 is 0 Å². The van der Waals surface area contributed by atoms with Gasteiger partial charge in [-0.2, -0.15) is 0 Å². The van der Waals surface area contributed by atoms with Crippen molar-refractivity contribution in [2.24, 2.45) is 0 Å². The Labute approximate surface area is 326 Å². The maximum absolute atomic E-state index is 11.2. The molecule has 0 unspecified atom stereocenters. The number of phenols is 1. The smallest absolute Gasteiger partial charge is 0.148 e. The molecule has 0 bridgehead atoms. The van der Waals surface area contributed by atoms with Crippen molar-refractivity contribution >= 4 is 33.0 Å². The number of aromatic nitrogens is 3. The van der Waals surface area contributed by atoms with Crippen molar-refractivity contribution in [2.45, 2.75) is 0 Å². The van der Waals surface area contributed by atoms with E-state index in [2.05, 4.69) is 114 Å². The largest absolute Gasteiger partial charge is 0.507 e. The first-order valence-corrected chi connectivity index (χ1v) is 17.6. The minimum absolute atomic E-state index is 0. The Morgan fingerprint density at radius 1 is 0.556 bits per heavy atom. The van der Waals surface area contributed by atoms with Crippen molar-refractivity contribution in [1.29, 1.82) is 0 Å². The molecule has 3 aromatic heterocycles. The van der Waals surface area contributed by atoms with E-state index in [1.165, 1.54) is 0 Å². The summed E-state index contributed by atoms with van der Waals surface area (Å²) in [5.41, 5.74) is 12.6. The molecule has 3 heterocycles. The molecule has 0 spiro atoms. The molecule has 0 amide bonds. The monoisotopic (exact) mass is 875 g/mol. The van der Waals surface area contributed by atoms with Gasteiger partial charge in [-0.25, -0.2) is 4.98 Å². The van der Waals surface area contributed by atoms with Crippen LogP contribution in [0.3, 0.4) is 0 Å². The molecule has 54 heavy (non-hydrogen) atoms. The molecule has 0 radical (unpaired) electrons. The number of benzene rings is 7. The Morgan fingerprint density at radius 3 is 2.04 bits per heavy atom. The zero-order valence-electron chi connectivity index (χ0n) is 28.8. The van der Waals surface area contributed by atoms with E-state index < -0.39 is 0 Å².